The molecular weight excluding hydrogens is 304 g/mol. The van der Waals surface area contributed by atoms with Crippen LogP contribution in [0.1, 0.15) is 25.0 Å². The van der Waals surface area contributed by atoms with Gasteiger partial charge in [0.25, 0.3) is 0 Å². The van der Waals surface area contributed by atoms with E-state index in [0.29, 0.717) is 24.7 Å². The summed E-state index contributed by atoms with van der Waals surface area (Å²) in [7, 11) is 0. The SMILES string of the molecule is CC1COC(c2cccc(Cl)c2)CN1C(=O)C1CNC(=O)C1. The third-order valence-electron chi connectivity index (χ3n) is 4.26. The maximum Gasteiger partial charge on any atom is 0.228 e. The highest BCUT2D eigenvalue weighted by Gasteiger charge is 2.37. The van der Waals surface area contributed by atoms with Gasteiger partial charge in [0.05, 0.1) is 25.1 Å². The van der Waals surface area contributed by atoms with Gasteiger partial charge in [-0.1, -0.05) is 23.7 Å². The van der Waals surface area contributed by atoms with E-state index in [9.17, 15) is 9.59 Å². The lowest BCUT2D eigenvalue weighted by molar-refractivity contribution is -0.148. The molecule has 0 radical (unpaired) electrons. The standard InChI is InChI=1S/C16H19ClN2O3/c1-10-9-22-14(11-3-2-4-13(17)5-11)8-19(10)16(21)12-6-15(20)18-7-12/h2-5,10,12,14H,6-9H2,1H3,(H,18,20). The molecule has 0 bridgehead atoms. The monoisotopic (exact) mass is 322 g/mol. The zero-order valence-corrected chi connectivity index (χ0v) is 13.2. The summed E-state index contributed by atoms with van der Waals surface area (Å²) < 4.78 is 5.86. The second-order valence-electron chi connectivity index (χ2n) is 5.92. The van der Waals surface area contributed by atoms with Gasteiger partial charge in [-0.2, -0.15) is 0 Å². The van der Waals surface area contributed by atoms with E-state index in [1.807, 2.05) is 36.1 Å². The summed E-state index contributed by atoms with van der Waals surface area (Å²) in [6.45, 7) is 3.38. The first-order valence-electron chi connectivity index (χ1n) is 7.49. The van der Waals surface area contributed by atoms with Crippen LogP contribution >= 0.6 is 11.6 Å². The molecule has 0 saturated carbocycles. The Morgan fingerprint density at radius 3 is 2.95 bits per heavy atom. The molecule has 6 heteroatoms. The number of halogens is 1. The Morgan fingerprint density at radius 1 is 1.45 bits per heavy atom. The van der Waals surface area contributed by atoms with E-state index in [2.05, 4.69) is 5.32 Å². The van der Waals surface area contributed by atoms with Gasteiger partial charge in [0, 0.05) is 18.0 Å². The number of benzene rings is 1. The first-order chi connectivity index (χ1) is 10.5. The normalized spacial score (nSPS) is 28.5. The summed E-state index contributed by atoms with van der Waals surface area (Å²) in [5.41, 5.74) is 0.970. The molecule has 2 fully saturated rings. The largest absolute Gasteiger partial charge is 0.370 e. The molecule has 0 aromatic heterocycles. The molecule has 2 aliphatic rings. The minimum atomic E-state index is -0.256. The second-order valence-corrected chi connectivity index (χ2v) is 6.36. The van der Waals surface area contributed by atoms with Crippen molar-refractivity contribution in [2.24, 2.45) is 5.92 Å². The summed E-state index contributed by atoms with van der Waals surface area (Å²) in [4.78, 5) is 25.8. The van der Waals surface area contributed by atoms with Crippen molar-refractivity contribution in [3.8, 4) is 0 Å². The molecule has 2 amide bonds. The molecule has 118 valence electrons. The highest BCUT2D eigenvalue weighted by molar-refractivity contribution is 6.30. The number of hydrogen-bond acceptors (Lipinski definition) is 3. The number of rotatable bonds is 2. The van der Waals surface area contributed by atoms with Crippen molar-refractivity contribution in [1.82, 2.24) is 10.2 Å². The summed E-state index contributed by atoms with van der Waals surface area (Å²) in [5, 5.41) is 3.38. The second kappa shape index (κ2) is 6.26. The fourth-order valence-electron chi connectivity index (χ4n) is 2.99. The third-order valence-corrected chi connectivity index (χ3v) is 4.50. The Hall–Kier alpha value is -1.59. The topological polar surface area (TPSA) is 58.6 Å². The van der Waals surface area contributed by atoms with Gasteiger partial charge in [-0.25, -0.2) is 0 Å². The van der Waals surface area contributed by atoms with E-state index in [4.69, 9.17) is 16.3 Å². The molecule has 1 aromatic carbocycles. The van der Waals surface area contributed by atoms with Crippen LogP contribution in [0.15, 0.2) is 24.3 Å². The van der Waals surface area contributed by atoms with Crippen LogP contribution < -0.4 is 5.32 Å². The van der Waals surface area contributed by atoms with E-state index in [-0.39, 0.29) is 36.3 Å². The summed E-state index contributed by atoms with van der Waals surface area (Å²) in [6, 6.07) is 7.53. The lowest BCUT2D eigenvalue weighted by Crippen LogP contribution is -2.50. The minimum Gasteiger partial charge on any atom is -0.370 e. The quantitative estimate of drug-likeness (QED) is 0.902. The van der Waals surface area contributed by atoms with Crippen LogP contribution in [0.2, 0.25) is 5.02 Å². The lowest BCUT2D eigenvalue weighted by atomic mass is 10.0. The van der Waals surface area contributed by atoms with Gasteiger partial charge in [0.2, 0.25) is 11.8 Å². The Balaban J connectivity index is 1.73. The molecule has 3 rings (SSSR count). The van der Waals surface area contributed by atoms with Crippen molar-refractivity contribution in [2.45, 2.75) is 25.5 Å². The number of amides is 2. The van der Waals surface area contributed by atoms with Crippen LogP contribution in [-0.2, 0) is 14.3 Å². The molecule has 1 N–H and O–H groups in total. The van der Waals surface area contributed by atoms with Gasteiger partial charge in [-0.15, -0.1) is 0 Å². The number of carbonyl (C=O) groups is 2. The van der Waals surface area contributed by atoms with E-state index in [1.165, 1.54) is 0 Å². The number of ether oxygens (including phenoxy) is 1. The van der Waals surface area contributed by atoms with Gasteiger partial charge in [-0.3, -0.25) is 9.59 Å². The van der Waals surface area contributed by atoms with Crippen LogP contribution in [0, 0.1) is 5.92 Å². The predicted molar refractivity (Wildman–Crippen MR) is 82.4 cm³/mol. The van der Waals surface area contributed by atoms with Crippen molar-refractivity contribution >= 4 is 23.4 Å². The molecule has 22 heavy (non-hydrogen) atoms. The number of hydrogen-bond donors (Lipinski definition) is 1. The number of morpholine rings is 1. The molecule has 2 heterocycles. The van der Waals surface area contributed by atoms with Crippen molar-refractivity contribution < 1.29 is 14.3 Å². The third kappa shape index (κ3) is 3.10. The molecular formula is C16H19ClN2O3. The first kappa shape index (κ1) is 15.3. The zero-order valence-electron chi connectivity index (χ0n) is 12.4. The Labute approximate surface area is 134 Å². The van der Waals surface area contributed by atoms with Gasteiger partial charge < -0.3 is 15.0 Å². The molecule has 3 unspecified atom stereocenters. The Morgan fingerprint density at radius 2 is 2.27 bits per heavy atom. The molecule has 0 aliphatic carbocycles. The number of nitrogens with one attached hydrogen (secondary N) is 1. The molecule has 0 spiro atoms. The first-order valence-corrected chi connectivity index (χ1v) is 7.86. The van der Waals surface area contributed by atoms with E-state index in [0.717, 1.165) is 5.56 Å². The predicted octanol–water partition coefficient (Wildman–Crippen LogP) is 1.76. The summed E-state index contributed by atoms with van der Waals surface area (Å²) in [6.07, 6.45) is 0.106. The zero-order chi connectivity index (χ0) is 15.7. The average molecular weight is 323 g/mol. The van der Waals surface area contributed by atoms with E-state index < -0.39 is 0 Å². The van der Waals surface area contributed by atoms with Gasteiger partial charge in [0.1, 0.15) is 6.10 Å². The highest BCUT2D eigenvalue weighted by atomic mass is 35.5. The van der Waals surface area contributed by atoms with Gasteiger partial charge in [0.15, 0.2) is 0 Å². The van der Waals surface area contributed by atoms with Gasteiger partial charge in [-0.05, 0) is 24.6 Å². The summed E-state index contributed by atoms with van der Waals surface area (Å²) >= 11 is 6.03. The number of nitrogens with zero attached hydrogens (tertiary/aromatic N) is 1. The maximum absolute atomic E-state index is 12.7. The van der Waals surface area contributed by atoms with E-state index in [1.54, 1.807) is 0 Å². The van der Waals surface area contributed by atoms with Crippen LogP contribution in [0.4, 0.5) is 0 Å². The van der Waals surface area contributed by atoms with Crippen LogP contribution in [0.5, 0.6) is 0 Å². The average Bonchev–Trinajstić information content (AvgIpc) is 2.93. The fraction of sp³-hybridized carbons (Fsp3) is 0.500. The Bertz CT molecular complexity index is 593. The molecule has 5 nitrogen and oxygen atoms in total. The molecule has 2 aliphatic heterocycles. The molecule has 2 saturated heterocycles. The van der Waals surface area contributed by atoms with Gasteiger partial charge >= 0.3 is 0 Å². The number of carbonyl (C=O) groups excluding carboxylic acids is 2. The lowest BCUT2D eigenvalue weighted by Gasteiger charge is -2.39. The van der Waals surface area contributed by atoms with Crippen molar-refractivity contribution in [2.75, 3.05) is 19.7 Å². The van der Waals surface area contributed by atoms with Crippen molar-refractivity contribution in [3.63, 3.8) is 0 Å². The van der Waals surface area contributed by atoms with Crippen LogP contribution in [0.25, 0.3) is 0 Å². The van der Waals surface area contributed by atoms with Crippen LogP contribution in [0.3, 0.4) is 0 Å². The highest BCUT2D eigenvalue weighted by Crippen LogP contribution is 2.28. The van der Waals surface area contributed by atoms with Crippen molar-refractivity contribution in [1.29, 1.82) is 0 Å². The fourth-order valence-corrected chi connectivity index (χ4v) is 3.19. The minimum absolute atomic E-state index is 0.0126. The summed E-state index contributed by atoms with van der Waals surface area (Å²) in [5.74, 6) is -0.278. The smallest absolute Gasteiger partial charge is 0.228 e. The molecule has 3 atom stereocenters. The van der Waals surface area contributed by atoms with Crippen LogP contribution in [-0.4, -0.2) is 42.5 Å². The van der Waals surface area contributed by atoms with E-state index >= 15 is 0 Å². The molecule has 1 aromatic rings. The maximum atomic E-state index is 12.7. The van der Waals surface area contributed by atoms with Crippen molar-refractivity contribution in [3.05, 3.63) is 34.9 Å². The Kier molecular flexibility index (Phi) is 4.36.